The number of aliphatic hydroxyl groups excluding tert-OH is 4. The fourth-order valence-electron chi connectivity index (χ4n) is 3.36. The van der Waals surface area contributed by atoms with Crippen LogP contribution >= 0.6 is 0 Å². The largest absolute Gasteiger partial charge is 0.507 e. The Kier molecular flexibility index (Phi) is 10.1. The smallest absolute Gasteiger partial charge is 0.306 e. The highest BCUT2D eigenvalue weighted by atomic mass is 16.5. The molecular formula is C24H41NO7. The Balaban J connectivity index is 2.79. The van der Waals surface area contributed by atoms with Crippen LogP contribution in [0.3, 0.4) is 0 Å². The summed E-state index contributed by atoms with van der Waals surface area (Å²) in [7, 11) is 1.57. The van der Waals surface area contributed by atoms with E-state index in [2.05, 4.69) is 5.32 Å². The molecule has 8 nitrogen and oxygen atoms in total. The number of aromatic hydroxyl groups is 1. The van der Waals surface area contributed by atoms with Gasteiger partial charge < -0.3 is 35.6 Å². The predicted octanol–water partition coefficient (Wildman–Crippen LogP) is 1.13. The second kappa shape index (κ2) is 11.4. The van der Waals surface area contributed by atoms with E-state index in [1.165, 1.54) is 0 Å². The number of aryl methyl sites for hydroxylation is 1. The highest BCUT2D eigenvalue weighted by Gasteiger charge is 2.31. The van der Waals surface area contributed by atoms with Gasteiger partial charge in [0.2, 0.25) is 0 Å². The van der Waals surface area contributed by atoms with Crippen molar-refractivity contribution in [2.45, 2.75) is 89.6 Å². The molecule has 0 amide bonds. The molecule has 0 saturated carbocycles. The number of carbonyl (C=O) groups excluding carboxylic acids is 1. The number of phenols is 1. The van der Waals surface area contributed by atoms with Crippen molar-refractivity contribution in [2.24, 2.45) is 0 Å². The number of hydrogen-bond donors (Lipinski definition) is 6. The summed E-state index contributed by atoms with van der Waals surface area (Å²) < 4.78 is 5.05. The molecule has 0 unspecified atom stereocenters. The third kappa shape index (κ3) is 8.01. The van der Waals surface area contributed by atoms with Crippen LogP contribution in [-0.4, -0.2) is 76.1 Å². The summed E-state index contributed by atoms with van der Waals surface area (Å²) in [4.78, 5) is 12.2. The average Bonchev–Trinajstić information content (AvgIpc) is 2.68. The van der Waals surface area contributed by atoms with E-state index in [9.17, 15) is 30.3 Å². The summed E-state index contributed by atoms with van der Waals surface area (Å²) in [5, 5.41) is 52.9. The van der Waals surface area contributed by atoms with Crippen molar-refractivity contribution in [3.8, 4) is 5.75 Å². The van der Waals surface area contributed by atoms with Crippen LogP contribution in [-0.2, 0) is 26.8 Å². The number of benzene rings is 1. The van der Waals surface area contributed by atoms with Gasteiger partial charge in [-0.05, 0) is 41.0 Å². The molecule has 32 heavy (non-hydrogen) atoms. The second-order valence-electron chi connectivity index (χ2n) is 10.4. The van der Waals surface area contributed by atoms with Crippen LogP contribution in [0.25, 0.3) is 0 Å². The number of rotatable bonds is 10. The number of nitrogens with one attached hydrogen (secondary N) is 1. The van der Waals surface area contributed by atoms with E-state index >= 15 is 0 Å². The number of phenolic OH excluding ortho intramolecular Hbond substituents is 1. The molecular weight excluding hydrogens is 414 g/mol. The molecule has 0 fully saturated rings. The van der Waals surface area contributed by atoms with Gasteiger partial charge in [0.25, 0.3) is 0 Å². The lowest BCUT2D eigenvalue weighted by atomic mass is 9.78. The lowest BCUT2D eigenvalue weighted by molar-refractivity contribution is -0.154. The Morgan fingerprint density at radius 3 is 1.84 bits per heavy atom. The van der Waals surface area contributed by atoms with Crippen LogP contribution in [0.15, 0.2) is 12.1 Å². The van der Waals surface area contributed by atoms with E-state index < -0.39 is 37.0 Å². The molecule has 1 aromatic carbocycles. The molecule has 0 aliphatic heterocycles. The van der Waals surface area contributed by atoms with Gasteiger partial charge in [0.15, 0.2) is 0 Å². The number of aliphatic hydroxyl groups is 4. The fourth-order valence-corrected chi connectivity index (χ4v) is 3.36. The molecule has 0 saturated heterocycles. The first-order valence-corrected chi connectivity index (χ1v) is 11.0. The predicted molar refractivity (Wildman–Crippen MR) is 123 cm³/mol. The number of esters is 1. The van der Waals surface area contributed by atoms with Crippen molar-refractivity contribution in [3.05, 3.63) is 28.8 Å². The summed E-state index contributed by atoms with van der Waals surface area (Å²) in [6.45, 7) is 11.6. The molecule has 4 atom stereocenters. The van der Waals surface area contributed by atoms with Crippen molar-refractivity contribution >= 4 is 5.97 Å². The van der Waals surface area contributed by atoms with Gasteiger partial charge in [-0.3, -0.25) is 4.79 Å². The quantitative estimate of drug-likeness (QED) is 0.289. The van der Waals surface area contributed by atoms with Crippen LogP contribution in [0.5, 0.6) is 5.75 Å². The zero-order valence-electron chi connectivity index (χ0n) is 20.3. The van der Waals surface area contributed by atoms with E-state index in [1.54, 1.807) is 7.05 Å². The van der Waals surface area contributed by atoms with Crippen LogP contribution in [0, 0.1) is 0 Å². The van der Waals surface area contributed by atoms with Crippen LogP contribution in [0.1, 0.15) is 64.7 Å². The lowest BCUT2D eigenvalue weighted by Gasteiger charge is -2.28. The normalized spacial score (nSPS) is 16.3. The Hall–Kier alpha value is -1.71. The Morgan fingerprint density at radius 2 is 1.41 bits per heavy atom. The van der Waals surface area contributed by atoms with Crippen LogP contribution < -0.4 is 5.32 Å². The Bertz CT molecular complexity index is 717. The first-order chi connectivity index (χ1) is 14.6. The van der Waals surface area contributed by atoms with Gasteiger partial charge in [0.1, 0.15) is 30.7 Å². The van der Waals surface area contributed by atoms with Crippen LogP contribution in [0.2, 0.25) is 0 Å². The average molecular weight is 456 g/mol. The van der Waals surface area contributed by atoms with Crippen molar-refractivity contribution in [2.75, 3.05) is 20.2 Å². The third-order valence-corrected chi connectivity index (χ3v) is 5.37. The highest BCUT2D eigenvalue weighted by molar-refractivity contribution is 5.69. The summed E-state index contributed by atoms with van der Waals surface area (Å²) in [5.41, 5.74) is 1.95. The zero-order chi connectivity index (χ0) is 24.9. The van der Waals surface area contributed by atoms with Crippen LogP contribution in [0.4, 0.5) is 0 Å². The van der Waals surface area contributed by atoms with E-state index in [0.717, 1.165) is 16.7 Å². The summed E-state index contributed by atoms with van der Waals surface area (Å²) in [6.07, 6.45) is -5.62. The first kappa shape index (κ1) is 28.3. The standard InChI is InChI=1S/C24H41NO7/c1-23(2,3)15-10-14(11-16(20(15)29)24(4,5)6)8-9-19(28)32-13-18(27)22(31)21(30)17(26)12-25-7/h10-11,17-18,21-22,25-27,29-31H,8-9,12-13H2,1-7H3/t17-,18-,21-,22-/m1/s1. The monoisotopic (exact) mass is 455 g/mol. The van der Waals surface area contributed by atoms with Crippen molar-refractivity contribution < 1.29 is 35.1 Å². The molecule has 0 aliphatic rings. The molecule has 1 rings (SSSR count). The maximum Gasteiger partial charge on any atom is 0.306 e. The molecule has 1 aromatic rings. The first-order valence-electron chi connectivity index (χ1n) is 11.0. The van der Waals surface area contributed by atoms with Crippen molar-refractivity contribution in [3.63, 3.8) is 0 Å². The summed E-state index contributed by atoms with van der Waals surface area (Å²) >= 11 is 0. The summed E-state index contributed by atoms with van der Waals surface area (Å²) in [6, 6.07) is 3.80. The Labute approximate surface area is 191 Å². The maximum absolute atomic E-state index is 12.2. The molecule has 0 aliphatic carbocycles. The van der Waals surface area contributed by atoms with E-state index in [0.29, 0.717) is 6.42 Å². The zero-order valence-corrected chi connectivity index (χ0v) is 20.3. The lowest BCUT2D eigenvalue weighted by Crippen LogP contribution is -2.49. The van der Waals surface area contributed by atoms with Gasteiger partial charge in [-0.2, -0.15) is 0 Å². The minimum absolute atomic E-state index is 0.0322. The van der Waals surface area contributed by atoms with Gasteiger partial charge >= 0.3 is 5.97 Å². The molecule has 8 heteroatoms. The van der Waals surface area contributed by atoms with Gasteiger partial charge in [-0.1, -0.05) is 53.7 Å². The van der Waals surface area contributed by atoms with Gasteiger partial charge in [-0.25, -0.2) is 0 Å². The Morgan fingerprint density at radius 1 is 0.938 bits per heavy atom. The van der Waals surface area contributed by atoms with Gasteiger partial charge in [0, 0.05) is 13.0 Å². The molecule has 0 bridgehead atoms. The van der Waals surface area contributed by atoms with E-state index in [1.807, 2.05) is 53.7 Å². The molecule has 184 valence electrons. The van der Waals surface area contributed by atoms with Gasteiger partial charge in [-0.15, -0.1) is 0 Å². The minimum atomic E-state index is -1.66. The molecule has 0 heterocycles. The summed E-state index contributed by atoms with van der Waals surface area (Å²) in [5.74, 6) is -0.295. The van der Waals surface area contributed by atoms with Gasteiger partial charge in [0.05, 0.1) is 6.10 Å². The third-order valence-electron chi connectivity index (χ3n) is 5.37. The van der Waals surface area contributed by atoms with Crippen molar-refractivity contribution in [1.29, 1.82) is 0 Å². The second-order valence-corrected chi connectivity index (χ2v) is 10.4. The van der Waals surface area contributed by atoms with Crippen molar-refractivity contribution in [1.82, 2.24) is 5.32 Å². The number of ether oxygens (including phenoxy) is 1. The minimum Gasteiger partial charge on any atom is -0.507 e. The molecule has 6 N–H and O–H groups in total. The SMILES string of the molecule is CNC[C@@H](O)[C@@H](O)[C@H](O)[C@H](O)COC(=O)CCc1cc(C(C)(C)C)c(O)c(C(C)(C)C)c1. The topological polar surface area (TPSA) is 139 Å². The van der Waals surface area contributed by atoms with E-state index in [-0.39, 0.29) is 29.5 Å². The highest BCUT2D eigenvalue weighted by Crippen LogP contribution is 2.40. The maximum atomic E-state index is 12.2. The number of likely N-dealkylation sites (N-methyl/N-ethyl adjacent to an activating group) is 1. The van der Waals surface area contributed by atoms with E-state index in [4.69, 9.17) is 4.74 Å². The number of hydrogen-bond acceptors (Lipinski definition) is 8. The molecule has 0 aromatic heterocycles. The number of carbonyl (C=O) groups is 1. The molecule has 0 spiro atoms. The molecule has 0 radical (unpaired) electrons. The fraction of sp³-hybridized carbons (Fsp3) is 0.708.